The van der Waals surface area contributed by atoms with E-state index in [0.29, 0.717) is 23.0 Å². The molecular weight excluding hydrogens is 536 g/mol. The van der Waals surface area contributed by atoms with Crippen LogP contribution in [0, 0.1) is 22.7 Å². The second-order valence-electron chi connectivity index (χ2n) is 12.1. The predicted octanol–water partition coefficient (Wildman–Crippen LogP) is 10.0. The van der Waals surface area contributed by atoms with Crippen molar-refractivity contribution >= 4 is 34.0 Å². The average molecular weight is 567 g/mol. The maximum Gasteiger partial charge on any atom is 0.0998 e. The summed E-state index contributed by atoms with van der Waals surface area (Å²) < 4.78 is 4.64. The van der Waals surface area contributed by atoms with Crippen molar-refractivity contribution in [1.82, 2.24) is 9.13 Å². The minimum Gasteiger partial charge on any atom is -0.313 e. The first kappa shape index (κ1) is 26.1. The number of fused-ring (bicyclic) bond motifs is 6. The third-order valence-corrected chi connectivity index (χ3v) is 9.44. The third-order valence-electron chi connectivity index (χ3n) is 9.44. The molecule has 0 aliphatic heterocycles. The smallest absolute Gasteiger partial charge is 0.0998 e. The first-order valence-electron chi connectivity index (χ1n) is 15.3. The van der Waals surface area contributed by atoms with Gasteiger partial charge in [0, 0.05) is 44.9 Å². The fraction of sp³-hybridized carbons (Fsp3) is 0.150. The molecule has 8 rings (SSSR count). The maximum absolute atomic E-state index is 10.6. The van der Waals surface area contributed by atoms with Gasteiger partial charge in [-0.3, -0.25) is 0 Å². The molecule has 2 atom stereocenters. The van der Waals surface area contributed by atoms with Crippen LogP contribution >= 0.6 is 0 Å². The lowest BCUT2D eigenvalue weighted by molar-refractivity contribution is 0.716. The number of hydrogen-bond donors (Lipinski definition) is 0. The first-order chi connectivity index (χ1) is 21.6. The van der Waals surface area contributed by atoms with Crippen molar-refractivity contribution in [3.63, 3.8) is 0 Å². The van der Waals surface area contributed by atoms with E-state index < -0.39 is 0 Å². The summed E-state index contributed by atoms with van der Waals surface area (Å²) in [5.41, 5.74) is 12.2. The van der Waals surface area contributed by atoms with Crippen LogP contribution in [0.25, 0.3) is 56.5 Å². The lowest BCUT2D eigenvalue weighted by atomic mass is 9.86. The molecule has 0 spiro atoms. The minimum absolute atomic E-state index is 0.376. The van der Waals surface area contributed by atoms with Crippen molar-refractivity contribution in [3.05, 3.63) is 131 Å². The standard InChI is InChI=1S/C40H30N4/c1-25-9-8-16-38-39(25)33-13-7-10-26(2)40(33)43(38)29-18-19-30(28(22-29)24-42)34-21-27(23-41)17-20-37(34)44-35-14-5-3-11-31(35)32-12-4-6-15-36(32)44/h3-8,11-22,25-26H,9-10H2,1-2H3. The SMILES string of the molecule is CC1CC=Cc2c1c1c(n2-c2ccc(-c3cc(C#N)ccc3-n3c4ccccc4c4ccccc43)c(C#N)c2)C(C)CC=C1. The molecule has 44 heavy (non-hydrogen) atoms. The van der Waals surface area contributed by atoms with E-state index in [1.54, 1.807) is 0 Å². The van der Waals surface area contributed by atoms with Gasteiger partial charge in [-0.05, 0) is 78.4 Å². The molecule has 4 aromatic carbocycles. The number of rotatable bonds is 3. The van der Waals surface area contributed by atoms with Gasteiger partial charge < -0.3 is 9.13 Å². The Morgan fingerprint density at radius 2 is 1.39 bits per heavy atom. The summed E-state index contributed by atoms with van der Waals surface area (Å²) in [4.78, 5) is 0. The molecule has 4 nitrogen and oxygen atoms in total. The first-order valence-corrected chi connectivity index (χ1v) is 15.3. The van der Waals surface area contributed by atoms with Gasteiger partial charge in [-0.15, -0.1) is 0 Å². The number of nitrogens with zero attached hydrogens (tertiary/aromatic N) is 4. The lowest BCUT2D eigenvalue weighted by Crippen LogP contribution is -2.09. The summed E-state index contributed by atoms with van der Waals surface area (Å²) >= 11 is 0. The van der Waals surface area contributed by atoms with Gasteiger partial charge in [0.1, 0.15) is 0 Å². The Bertz CT molecular complexity index is 2240. The molecule has 2 unspecified atom stereocenters. The maximum atomic E-state index is 10.6. The van der Waals surface area contributed by atoms with Crippen LogP contribution in [-0.2, 0) is 0 Å². The minimum atomic E-state index is 0.376. The normalized spacial score (nSPS) is 16.9. The highest BCUT2D eigenvalue weighted by molar-refractivity contribution is 6.09. The Balaban J connectivity index is 1.38. The number of benzene rings is 4. The summed E-state index contributed by atoms with van der Waals surface area (Å²) in [6.45, 7) is 4.60. The summed E-state index contributed by atoms with van der Waals surface area (Å²) in [6, 6.07) is 33.7. The largest absolute Gasteiger partial charge is 0.313 e. The van der Waals surface area contributed by atoms with E-state index in [4.69, 9.17) is 0 Å². The van der Waals surface area contributed by atoms with Crippen LogP contribution in [0.4, 0.5) is 0 Å². The van der Waals surface area contributed by atoms with Crippen LogP contribution < -0.4 is 0 Å². The third kappa shape index (κ3) is 3.75. The molecule has 0 radical (unpaired) electrons. The number of para-hydroxylation sites is 2. The molecule has 2 aliphatic carbocycles. The number of hydrogen-bond acceptors (Lipinski definition) is 2. The fourth-order valence-corrected chi connectivity index (χ4v) is 7.47. The number of aromatic nitrogens is 2. The molecule has 2 aromatic heterocycles. The van der Waals surface area contributed by atoms with E-state index in [-0.39, 0.29) is 0 Å². The van der Waals surface area contributed by atoms with Crippen molar-refractivity contribution in [3.8, 4) is 34.6 Å². The van der Waals surface area contributed by atoms with Crippen LogP contribution in [0.2, 0.25) is 0 Å². The highest BCUT2D eigenvalue weighted by atomic mass is 15.0. The predicted molar refractivity (Wildman–Crippen MR) is 179 cm³/mol. The molecule has 0 fully saturated rings. The van der Waals surface area contributed by atoms with Crippen LogP contribution in [-0.4, -0.2) is 9.13 Å². The van der Waals surface area contributed by atoms with Gasteiger partial charge in [-0.25, -0.2) is 0 Å². The second kappa shape index (κ2) is 10.0. The average Bonchev–Trinajstić information content (AvgIpc) is 3.59. The van der Waals surface area contributed by atoms with Gasteiger partial charge in [0.05, 0.1) is 40.0 Å². The molecule has 0 N–H and O–H groups in total. The topological polar surface area (TPSA) is 57.4 Å². The molecule has 210 valence electrons. The Hall–Kier alpha value is -5.58. The van der Waals surface area contributed by atoms with Gasteiger partial charge in [0.2, 0.25) is 0 Å². The summed E-state index contributed by atoms with van der Waals surface area (Å²) in [5.74, 6) is 0.817. The molecule has 2 aliphatic rings. The van der Waals surface area contributed by atoms with Crippen molar-refractivity contribution in [2.45, 2.75) is 38.5 Å². The van der Waals surface area contributed by atoms with Crippen LogP contribution in [0.1, 0.15) is 72.2 Å². The van der Waals surface area contributed by atoms with Crippen molar-refractivity contribution in [2.75, 3.05) is 0 Å². The van der Waals surface area contributed by atoms with Crippen molar-refractivity contribution in [2.24, 2.45) is 0 Å². The van der Waals surface area contributed by atoms with Crippen molar-refractivity contribution in [1.29, 1.82) is 10.5 Å². The van der Waals surface area contributed by atoms with Gasteiger partial charge in [-0.1, -0.05) is 74.5 Å². The summed E-state index contributed by atoms with van der Waals surface area (Å²) in [7, 11) is 0. The molecule has 0 saturated heterocycles. The van der Waals surface area contributed by atoms with Crippen molar-refractivity contribution < 1.29 is 0 Å². The summed E-state index contributed by atoms with van der Waals surface area (Å²) in [5, 5.41) is 22.8. The van der Waals surface area contributed by atoms with E-state index in [1.165, 1.54) is 33.3 Å². The molecule has 0 bridgehead atoms. The zero-order chi connectivity index (χ0) is 29.9. The Morgan fingerprint density at radius 3 is 2.11 bits per heavy atom. The number of allylic oxidation sites excluding steroid dienone is 2. The van der Waals surface area contributed by atoms with Gasteiger partial charge in [0.15, 0.2) is 0 Å². The Labute approximate surface area is 257 Å². The van der Waals surface area contributed by atoms with E-state index in [2.05, 4.69) is 120 Å². The van der Waals surface area contributed by atoms with E-state index in [0.717, 1.165) is 46.4 Å². The Kier molecular flexibility index (Phi) is 5.93. The molecule has 0 saturated carbocycles. The monoisotopic (exact) mass is 566 g/mol. The lowest BCUT2D eigenvalue weighted by Gasteiger charge is -2.21. The van der Waals surface area contributed by atoms with Crippen LogP contribution in [0.5, 0.6) is 0 Å². The quantitative estimate of drug-likeness (QED) is 0.214. The van der Waals surface area contributed by atoms with Crippen LogP contribution in [0.15, 0.2) is 97.1 Å². The number of nitriles is 2. The molecule has 2 heterocycles. The highest BCUT2D eigenvalue weighted by Crippen LogP contribution is 2.45. The Morgan fingerprint density at radius 1 is 0.682 bits per heavy atom. The second-order valence-corrected chi connectivity index (χ2v) is 12.1. The van der Waals surface area contributed by atoms with E-state index >= 15 is 0 Å². The molecule has 6 aromatic rings. The zero-order valence-electron chi connectivity index (χ0n) is 24.8. The molecule has 0 amide bonds. The van der Waals surface area contributed by atoms with Gasteiger partial charge in [-0.2, -0.15) is 10.5 Å². The fourth-order valence-electron chi connectivity index (χ4n) is 7.47. The van der Waals surface area contributed by atoms with E-state index in [1.807, 2.05) is 24.3 Å². The van der Waals surface area contributed by atoms with Gasteiger partial charge in [0.25, 0.3) is 0 Å². The van der Waals surface area contributed by atoms with Gasteiger partial charge >= 0.3 is 0 Å². The summed E-state index contributed by atoms with van der Waals surface area (Å²) in [6.07, 6.45) is 11.2. The molecular formula is C40H30N4. The molecule has 4 heteroatoms. The van der Waals surface area contributed by atoms with Crippen LogP contribution in [0.3, 0.4) is 0 Å². The zero-order valence-corrected chi connectivity index (χ0v) is 24.8. The highest BCUT2D eigenvalue weighted by Gasteiger charge is 2.30. The van der Waals surface area contributed by atoms with E-state index in [9.17, 15) is 10.5 Å².